The van der Waals surface area contributed by atoms with Gasteiger partial charge in [0.05, 0.1) is 5.75 Å². The summed E-state index contributed by atoms with van der Waals surface area (Å²) in [5.41, 5.74) is 9.53. The van der Waals surface area contributed by atoms with Crippen LogP contribution < -0.4 is 11.2 Å². The number of rotatable bonds is 6. The van der Waals surface area contributed by atoms with Crippen molar-refractivity contribution >= 4 is 39.3 Å². The third-order valence-electron chi connectivity index (χ3n) is 3.35. The van der Waals surface area contributed by atoms with Crippen LogP contribution in [0.5, 0.6) is 0 Å². The minimum atomic E-state index is -0.496. The van der Waals surface area contributed by atoms with Crippen LogP contribution in [-0.4, -0.2) is 22.6 Å². The van der Waals surface area contributed by atoms with Gasteiger partial charge in [0.15, 0.2) is 0 Å². The number of anilines is 1. The fourth-order valence-corrected chi connectivity index (χ4v) is 3.60. The van der Waals surface area contributed by atoms with Crippen LogP contribution >= 0.6 is 27.7 Å². The van der Waals surface area contributed by atoms with Crippen molar-refractivity contribution in [1.82, 2.24) is 5.48 Å². The molecule has 0 fully saturated rings. The second-order valence-corrected chi connectivity index (χ2v) is 6.84. The van der Waals surface area contributed by atoms with E-state index in [0.29, 0.717) is 17.0 Å². The van der Waals surface area contributed by atoms with Crippen molar-refractivity contribution < 1.29 is 14.4 Å². The van der Waals surface area contributed by atoms with Crippen molar-refractivity contribution in [3.05, 3.63) is 63.9 Å². The smallest absolute Gasteiger partial charge is 0.253 e. The lowest BCUT2D eigenvalue weighted by Crippen LogP contribution is -2.21. The number of nitrogen functional groups attached to an aromatic ring is 1. The standard InChI is InChI=1S/C16H16BrFN2O2S/c17-10-5-6-15(19)12(7-10)13(8-23-9-16(21)20-22)11-3-1-2-4-14(11)18/h1-7,13,22H,8-9,19H2,(H,20,21). The first-order valence-electron chi connectivity index (χ1n) is 6.83. The van der Waals surface area contributed by atoms with E-state index < -0.39 is 5.91 Å². The number of thioether (sulfide) groups is 1. The van der Waals surface area contributed by atoms with Crippen LogP contribution in [0.2, 0.25) is 0 Å². The van der Waals surface area contributed by atoms with Gasteiger partial charge in [0.25, 0.3) is 5.91 Å². The van der Waals surface area contributed by atoms with E-state index in [4.69, 9.17) is 10.9 Å². The fraction of sp³-hybridized carbons (Fsp3) is 0.188. The van der Waals surface area contributed by atoms with Crippen LogP contribution in [0.4, 0.5) is 10.1 Å². The lowest BCUT2D eigenvalue weighted by molar-refractivity contribution is -0.126. The summed E-state index contributed by atoms with van der Waals surface area (Å²) in [6.45, 7) is 0. The molecule has 4 nitrogen and oxygen atoms in total. The van der Waals surface area contributed by atoms with E-state index in [1.807, 2.05) is 12.1 Å². The first-order valence-corrected chi connectivity index (χ1v) is 8.77. The molecule has 0 heterocycles. The number of hydrogen-bond donors (Lipinski definition) is 3. The van der Waals surface area contributed by atoms with Crippen molar-refractivity contribution in [2.45, 2.75) is 5.92 Å². The van der Waals surface area contributed by atoms with E-state index in [1.54, 1.807) is 29.7 Å². The maximum atomic E-state index is 14.2. The summed E-state index contributed by atoms with van der Waals surface area (Å²) >= 11 is 4.70. The number of halogens is 2. The fourth-order valence-electron chi connectivity index (χ4n) is 2.25. The van der Waals surface area contributed by atoms with Gasteiger partial charge in [-0.2, -0.15) is 11.8 Å². The Morgan fingerprint density at radius 3 is 2.74 bits per heavy atom. The lowest BCUT2D eigenvalue weighted by atomic mass is 9.91. The molecule has 0 aromatic heterocycles. The molecule has 4 N–H and O–H groups in total. The highest BCUT2D eigenvalue weighted by atomic mass is 79.9. The number of nitrogens with one attached hydrogen (secondary N) is 1. The van der Waals surface area contributed by atoms with E-state index in [0.717, 1.165) is 10.0 Å². The topological polar surface area (TPSA) is 75.4 Å². The maximum absolute atomic E-state index is 14.2. The normalized spacial score (nSPS) is 12.0. The van der Waals surface area contributed by atoms with Gasteiger partial charge >= 0.3 is 0 Å². The molecule has 1 atom stereocenters. The largest absolute Gasteiger partial charge is 0.398 e. The van der Waals surface area contributed by atoms with Gasteiger partial charge in [-0.05, 0) is 35.4 Å². The van der Waals surface area contributed by atoms with Crippen molar-refractivity contribution in [2.75, 3.05) is 17.2 Å². The summed E-state index contributed by atoms with van der Waals surface area (Å²) in [5, 5.41) is 8.56. The zero-order chi connectivity index (χ0) is 16.8. The Hall–Kier alpha value is -1.57. The molecular formula is C16H16BrFN2O2S. The van der Waals surface area contributed by atoms with E-state index in [-0.39, 0.29) is 17.5 Å². The number of carbonyl (C=O) groups excluding carboxylic acids is 1. The molecule has 2 aromatic carbocycles. The maximum Gasteiger partial charge on any atom is 0.253 e. The van der Waals surface area contributed by atoms with Gasteiger partial charge in [-0.1, -0.05) is 34.1 Å². The molecule has 1 unspecified atom stereocenters. The summed E-state index contributed by atoms with van der Waals surface area (Å²) in [6, 6.07) is 12.0. The second kappa shape index (κ2) is 8.33. The molecule has 0 radical (unpaired) electrons. The van der Waals surface area contributed by atoms with E-state index >= 15 is 0 Å². The summed E-state index contributed by atoms with van der Waals surface area (Å²) in [6.07, 6.45) is 0. The number of hydroxylamine groups is 1. The minimum absolute atomic E-state index is 0.0787. The molecule has 23 heavy (non-hydrogen) atoms. The van der Waals surface area contributed by atoms with Gasteiger partial charge in [-0.25, -0.2) is 9.87 Å². The quantitative estimate of drug-likeness (QED) is 0.395. The summed E-state index contributed by atoms with van der Waals surface area (Å²) in [7, 11) is 0. The molecule has 2 aromatic rings. The minimum Gasteiger partial charge on any atom is -0.398 e. The third-order valence-corrected chi connectivity index (χ3v) is 4.88. The van der Waals surface area contributed by atoms with Gasteiger partial charge in [0.2, 0.25) is 0 Å². The number of carbonyl (C=O) groups is 1. The lowest BCUT2D eigenvalue weighted by Gasteiger charge is -2.20. The average molecular weight is 399 g/mol. The summed E-state index contributed by atoms with van der Waals surface area (Å²) in [4.78, 5) is 11.2. The van der Waals surface area contributed by atoms with Gasteiger partial charge < -0.3 is 5.73 Å². The zero-order valence-corrected chi connectivity index (χ0v) is 14.5. The first kappa shape index (κ1) is 17.8. The monoisotopic (exact) mass is 398 g/mol. The van der Waals surface area contributed by atoms with E-state index in [9.17, 15) is 9.18 Å². The zero-order valence-electron chi connectivity index (χ0n) is 12.1. The Morgan fingerprint density at radius 2 is 2.04 bits per heavy atom. The van der Waals surface area contributed by atoms with Gasteiger partial charge in [0.1, 0.15) is 5.82 Å². The molecule has 7 heteroatoms. The highest BCUT2D eigenvalue weighted by Gasteiger charge is 2.21. The molecule has 0 spiro atoms. The van der Waals surface area contributed by atoms with Crippen molar-refractivity contribution in [3.63, 3.8) is 0 Å². The number of hydrogen-bond acceptors (Lipinski definition) is 4. The highest BCUT2D eigenvalue weighted by Crippen LogP contribution is 2.34. The van der Waals surface area contributed by atoms with Crippen LogP contribution in [0.1, 0.15) is 17.0 Å². The molecule has 0 bridgehead atoms. The number of nitrogens with two attached hydrogens (primary N) is 1. The molecular weight excluding hydrogens is 383 g/mol. The first-order chi connectivity index (χ1) is 11.0. The van der Waals surface area contributed by atoms with Crippen molar-refractivity contribution in [3.8, 4) is 0 Å². The Balaban J connectivity index is 2.33. The summed E-state index contributed by atoms with van der Waals surface area (Å²) in [5.74, 6) is -0.580. The molecule has 1 amide bonds. The Bertz CT molecular complexity index is 700. The van der Waals surface area contributed by atoms with E-state index in [1.165, 1.54) is 17.8 Å². The van der Waals surface area contributed by atoms with Crippen LogP contribution in [0.15, 0.2) is 46.9 Å². The summed E-state index contributed by atoms with van der Waals surface area (Å²) < 4.78 is 15.1. The Morgan fingerprint density at radius 1 is 1.30 bits per heavy atom. The Labute approximate surface area is 146 Å². The average Bonchev–Trinajstić information content (AvgIpc) is 2.55. The predicted molar refractivity (Wildman–Crippen MR) is 94.1 cm³/mol. The molecule has 0 saturated carbocycles. The third kappa shape index (κ3) is 4.70. The molecule has 122 valence electrons. The molecule has 0 aliphatic carbocycles. The van der Waals surface area contributed by atoms with Crippen LogP contribution in [-0.2, 0) is 4.79 Å². The number of benzene rings is 2. The second-order valence-electron chi connectivity index (χ2n) is 4.90. The molecule has 2 rings (SSSR count). The van der Waals surface area contributed by atoms with Gasteiger partial charge in [0, 0.05) is 21.8 Å². The number of amides is 1. The van der Waals surface area contributed by atoms with Crippen LogP contribution in [0.25, 0.3) is 0 Å². The predicted octanol–water partition coefficient (Wildman–Crippen LogP) is 3.54. The van der Waals surface area contributed by atoms with Crippen LogP contribution in [0, 0.1) is 5.82 Å². The Kier molecular flexibility index (Phi) is 6.44. The SMILES string of the molecule is Nc1ccc(Br)cc1C(CSCC(=O)NO)c1ccccc1F. The van der Waals surface area contributed by atoms with Gasteiger partial charge in [-0.3, -0.25) is 10.0 Å². The highest BCUT2D eigenvalue weighted by molar-refractivity contribution is 9.10. The molecule has 0 aliphatic rings. The van der Waals surface area contributed by atoms with E-state index in [2.05, 4.69) is 15.9 Å². The molecule has 0 saturated heterocycles. The van der Waals surface area contributed by atoms with Gasteiger partial charge in [-0.15, -0.1) is 0 Å². The molecule has 0 aliphatic heterocycles. The van der Waals surface area contributed by atoms with Crippen molar-refractivity contribution in [2.24, 2.45) is 0 Å². The van der Waals surface area contributed by atoms with Crippen molar-refractivity contribution in [1.29, 1.82) is 0 Å². The van der Waals surface area contributed by atoms with Crippen LogP contribution in [0.3, 0.4) is 0 Å².